The number of amides is 1. The number of ketones is 1. The van der Waals surface area contributed by atoms with Crippen LogP contribution in [0, 0.1) is 25.2 Å². The van der Waals surface area contributed by atoms with Crippen molar-refractivity contribution in [3.05, 3.63) is 70.6 Å². The first kappa shape index (κ1) is 21.2. The normalized spacial score (nSPS) is 22.6. The van der Waals surface area contributed by atoms with Crippen molar-refractivity contribution in [2.75, 3.05) is 5.32 Å². The summed E-state index contributed by atoms with van der Waals surface area (Å²) in [5, 5.41) is 2.96. The predicted octanol–water partition coefficient (Wildman–Crippen LogP) is 5.15. The minimum absolute atomic E-state index is 0.0993. The Bertz CT molecular complexity index is 1130. The smallest absolute Gasteiger partial charge is 0.235 e. The number of Topliss-reactive ketones (excluding diaryl/α,β-unsaturated/α-hetero) is 1. The molecule has 2 heterocycles. The van der Waals surface area contributed by atoms with Crippen LogP contribution in [0.1, 0.15) is 56.2 Å². The summed E-state index contributed by atoms with van der Waals surface area (Å²) in [6.07, 6.45) is 2.89. The predicted molar refractivity (Wildman–Crippen MR) is 123 cm³/mol. The molecule has 0 spiro atoms. The molecule has 1 aromatic carbocycles. The van der Waals surface area contributed by atoms with Crippen LogP contribution < -0.4 is 5.32 Å². The minimum atomic E-state index is -0.563. The van der Waals surface area contributed by atoms with Crippen LogP contribution in [0.15, 0.2) is 58.9 Å². The Kier molecular flexibility index (Phi) is 5.38. The standard InChI is InChI=1S/C26H29N3O2/c1-15-10-11-27-21(12-15)29-25(31)22-17(3)28-19-13-26(4,5)14-20(30)24(19)23(22)18-9-7-6-8-16(18)2/h6-12,22-23H,13-14H2,1-5H3,(H,27,29,31)/t22?,23-/m0/s1. The molecule has 4 rings (SSSR count). The molecule has 1 amide bonds. The SMILES string of the molecule is CC1=NC2=C(C(=O)CC(C)(C)C2)[C@@H](c2ccccc2C)C1C(=O)Nc1cc(C)ccn1. The quantitative estimate of drug-likeness (QED) is 0.753. The van der Waals surface area contributed by atoms with E-state index in [0.717, 1.165) is 34.5 Å². The van der Waals surface area contributed by atoms with E-state index >= 15 is 0 Å². The first-order valence-corrected chi connectivity index (χ1v) is 10.8. The van der Waals surface area contributed by atoms with Gasteiger partial charge in [0.05, 0.1) is 5.92 Å². The maximum absolute atomic E-state index is 13.5. The number of anilines is 1. The molecular formula is C26H29N3O2. The molecule has 2 aliphatic rings. The van der Waals surface area contributed by atoms with Crippen molar-refractivity contribution >= 4 is 23.2 Å². The fourth-order valence-electron chi connectivity index (χ4n) is 4.87. The highest BCUT2D eigenvalue weighted by atomic mass is 16.2. The molecule has 160 valence electrons. The molecule has 5 nitrogen and oxygen atoms in total. The number of aromatic nitrogens is 1. The summed E-state index contributed by atoms with van der Waals surface area (Å²) in [4.78, 5) is 36.0. The molecule has 2 aromatic rings. The first-order chi connectivity index (χ1) is 14.7. The number of nitrogens with zero attached hydrogens (tertiary/aromatic N) is 2. The summed E-state index contributed by atoms with van der Waals surface area (Å²) in [7, 11) is 0. The van der Waals surface area contributed by atoms with E-state index in [4.69, 9.17) is 4.99 Å². The van der Waals surface area contributed by atoms with Crippen LogP contribution in [0.3, 0.4) is 0 Å². The molecule has 1 aliphatic carbocycles. The van der Waals surface area contributed by atoms with Crippen molar-refractivity contribution in [1.29, 1.82) is 0 Å². The van der Waals surface area contributed by atoms with Gasteiger partial charge in [0.15, 0.2) is 5.78 Å². The molecule has 0 bridgehead atoms. The molecule has 31 heavy (non-hydrogen) atoms. The Morgan fingerprint density at radius 1 is 1.10 bits per heavy atom. The van der Waals surface area contributed by atoms with Crippen LogP contribution in [0.25, 0.3) is 0 Å². The molecule has 1 N–H and O–H groups in total. The Hall–Kier alpha value is -3.08. The summed E-state index contributed by atoms with van der Waals surface area (Å²) in [5.41, 5.74) is 5.25. The highest BCUT2D eigenvalue weighted by molar-refractivity contribution is 6.13. The lowest BCUT2D eigenvalue weighted by Crippen LogP contribution is -2.41. The minimum Gasteiger partial charge on any atom is -0.310 e. The molecule has 0 fully saturated rings. The van der Waals surface area contributed by atoms with E-state index in [9.17, 15) is 9.59 Å². The van der Waals surface area contributed by atoms with Crippen LogP contribution in [0.5, 0.6) is 0 Å². The zero-order valence-corrected chi connectivity index (χ0v) is 18.8. The summed E-state index contributed by atoms with van der Waals surface area (Å²) in [6, 6.07) is 11.7. The lowest BCUT2D eigenvalue weighted by molar-refractivity contribution is -0.119. The third kappa shape index (κ3) is 4.09. The molecular weight excluding hydrogens is 386 g/mol. The third-order valence-corrected chi connectivity index (χ3v) is 6.27. The van der Waals surface area contributed by atoms with Gasteiger partial charge < -0.3 is 5.32 Å². The number of pyridine rings is 1. The van der Waals surface area contributed by atoms with Crippen molar-refractivity contribution in [2.45, 2.75) is 53.4 Å². The molecule has 1 aromatic heterocycles. The van der Waals surface area contributed by atoms with Gasteiger partial charge in [-0.15, -0.1) is 0 Å². The monoisotopic (exact) mass is 415 g/mol. The van der Waals surface area contributed by atoms with Crippen molar-refractivity contribution in [1.82, 2.24) is 4.98 Å². The number of allylic oxidation sites excluding steroid dienone is 2. The van der Waals surface area contributed by atoms with E-state index in [1.807, 2.05) is 57.2 Å². The summed E-state index contributed by atoms with van der Waals surface area (Å²) < 4.78 is 0. The van der Waals surface area contributed by atoms with E-state index in [0.29, 0.717) is 17.8 Å². The van der Waals surface area contributed by atoms with Gasteiger partial charge in [-0.2, -0.15) is 0 Å². The topological polar surface area (TPSA) is 71.4 Å². The Labute approximate surface area is 183 Å². The zero-order chi connectivity index (χ0) is 22.3. The van der Waals surface area contributed by atoms with Gasteiger partial charge in [-0.25, -0.2) is 4.98 Å². The van der Waals surface area contributed by atoms with Gasteiger partial charge in [0.25, 0.3) is 0 Å². The van der Waals surface area contributed by atoms with Crippen molar-refractivity contribution < 1.29 is 9.59 Å². The van der Waals surface area contributed by atoms with Crippen LogP contribution in [0.2, 0.25) is 0 Å². The van der Waals surface area contributed by atoms with Gasteiger partial charge >= 0.3 is 0 Å². The third-order valence-electron chi connectivity index (χ3n) is 6.27. The number of rotatable bonds is 3. The second-order valence-corrected chi connectivity index (χ2v) is 9.57. The number of hydrogen-bond donors (Lipinski definition) is 1. The van der Waals surface area contributed by atoms with Gasteiger partial charge in [0, 0.05) is 35.5 Å². The van der Waals surface area contributed by atoms with Crippen molar-refractivity contribution in [3.8, 4) is 0 Å². The van der Waals surface area contributed by atoms with Gasteiger partial charge in [0.2, 0.25) is 5.91 Å². The molecule has 2 atom stereocenters. The zero-order valence-electron chi connectivity index (χ0n) is 18.8. The van der Waals surface area contributed by atoms with Crippen LogP contribution >= 0.6 is 0 Å². The number of nitrogens with one attached hydrogen (secondary N) is 1. The second kappa shape index (κ2) is 7.88. The molecule has 1 unspecified atom stereocenters. The fourth-order valence-corrected chi connectivity index (χ4v) is 4.87. The fraction of sp³-hybridized carbons (Fsp3) is 0.385. The molecule has 1 aliphatic heterocycles. The molecule has 0 saturated carbocycles. The highest BCUT2D eigenvalue weighted by Crippen LogP contribution is 2.48. The van der Waals surface area contributed by atoms with Gasteiger partial charge in [-0.3, -0.25) is 14.6 Å². The van der Waals surface area contributed by atoms with Crippen LogP contribution in [0.4, 0.5) is 5.82 Å². The maximum Gasteiger partial charge on any atom is 0.235 e. The highest BCUT2D eigenvalue weighted by Gasteiger charge is 2.45. The lowest BCUT2D eigenvalue weighted by Gasteiger charge is -2.39. The van der Waals surface area contributed by atoms with Crippen LogP contribution in [-0.2, 0) is 9.59 Å². The Balaban J connectivity index is 1.82. The number of carbonyl (C=O) groups excluding carboxylic acids is 2. The summed E-state index contributed by atoms with van der Waals surface area (Å²) in [6.45, 7) is 10.1. The average Bonchev–Trinajstić information content (AvgIpc) is 2.66. The van der Waals surface area contributed by atoms with Gasteiger partial charge in [-0.05, 0) is 61.4 Å². The lowest BCUT2D eigenvalue weighted by atomic mass is 9.66. The summed E-state index contributed by atoms with van der Waals surface area (Å²) in [5.74, 6) is -0.481. The average molecular weight is 416 g/mol. The van der Waals surface area contributed by atoms with Gasteiger partial charge in [-0.1, -0.05) is 38.1 Å². The van der Waals surface area contributed by atoms with E-state index in [-0.39, 0.29) is 23.0 Å². The largest absolute Gasteiger partial charge is 0.310 e. The number of benzene rings is 1. The van der Waals surface area contributed by atoms with E-state index in [1.165, 1.54) is 0 Å². The van der Waals surface area contributed by atoms with E-state index < -0.39 is 5.92 Å². The number of hydrogen-bond acceptors (Lipinski definition) is 4. The number of carbonyl (C=O) groups is 2. The van der Waals surface area contributed by atoms with Gasteiger partial charge in [0.1, 0.15) is 5.82 Å². The van der Waals surface area contributed by atoms with E-state index in [1.54, 1.807) is 6.20 Å². The molecule has 0 saturated heterocycles. The number of aryl methyl sites for hydroxylation is 2. The molecule has 5 heteroatoms. The first-order valence-electron chi connectivity index (χ1n) is 10.8. The van der Waals surface area contributed by atoms with E-state index in [2.05, 4.69) is 24.1 Å². The molecule has 0 radical (unpaired) electrons. The number of aliphatic imine (C=N–C) groups is 1. The van der Waals surface area contributed by atoms with Crippen LogP contribution in [-0.4, -0.2) is 22.4 Å². The van der Waals surface area contributed by atoms with Crippen molar-refractivity contribution in [3.63, 3.8) is 0 Å². The Morgan fingerprint density at radius 2 is 1.84 bits per heavy atom. The maximum atomic E-state index is 13.5. The Morgan fingerprint density at radius 3 is 2.55 bits per heavy atom. The van der Waals surface area contributed by atoms with Crippen molar-refractivity contribution in [2.24, 2.45) is 16.3 Å². The second-order valence-electron chi connectivity index (χ2n) is 9.57. The summed E-state index contributed by atoms with van der Waals surface area (Å²) >= 11 is 0.